The predicted molar refractivity (Wildman–Crippen MR) is 31.1 cm³/mol. The van der Waals surface area contributed by atoms with Crippen LogP contribution in [0, 0.1) is 30.1 Å². The van der Waals surface area contributed by atoms with Crippen molar-refractivity contribution in [3.05, 3.63) is 6.42 Å². The molecular weight excluding hydrogens is 96.1 g/mol. The number of fused-ring (bicyclic) bond motifs is 5. The Bertz CT molecular complexity index is 114. The Morgan fingerprint density at radius 2 is 1.62 bits per heavy atom. The average Bonchev–Trinajstić information content (AvgIpc) is 2.39. The summed E-state index contributed by atoms with van der Waals surface area (Å²) in [5.41, 5.74) is 0. The topological polar surface area (TPSA) is 0 Å². The molecule has 4 unspecified atom stereocenters. The number of rotatable bonds is 0. The third-order valence-corrected chi connectivity index (χ3v) is 3.14. The highest BCUT2D eigenvalue weighted by Gasteiger charge is 2.57. The van der Waals surface area contributed by atoms with E-state index in [0.717, 1.165) is 23.7 Å². The van der Waals surface area contributed by atoms with Gasteiger partial charge in [-0.2, -0.15) is 0 Å². The third-order valence-electron chi connectivity index (χ3n) is 3.14. The second-order valence-corrected chi connectivity index (χ2v) is 3.52. The van der Waals surface area contributed by atoms with E-state index < -0.39 is 0 Å². The van der Waals surface area contributed by atoms with Crippen molar-refractivity contribution < 1.29 is 0 Å². The van der Waals surface area contributed by atoms with Crippen LogP contribution < -0.4 is 0 Å². The molecule has 0 aliphatic heterocycles. The van der Waals surface area contributed by atoms with Gasteiger partial charge in [-0.15, -0.1) is 0 Å². The first-order chi connectivity index (χ1) is 3.95. The average molecular weight is 106 g/mol. The summed E-state index contributed by atoms with van der Waals surface area (Å²) >= 11 is 0. The first kappa shape index (κ1) is 3.92. The van der Waals surface area contributed by atoms with Crippen molar-refractivity contribution in [3.63, 3.8) is 0 Å². The van der Waals surface area contributed by atoms with E-state index in [2.05, 4.69) is 6.42 Å². The van der Waals surface area contributed by atoms with Crippen LogP contribution in [0.25, 0.3) is 0 Å². The summed E-state index contributed by atoms with van der Waals surface area (Å²) in [4.78, 5) is 0. The van der Waals surface area contributed by atoms with Crippen molar-refractivity contribution >= 4 is 0 Å². The van der Waals surface area contributed by atoms with Crippen molar-refractivity contribution in [1.29, 1.82) is 0 Å². The van der Waals surface area contributed by atoms with Crippen LogP contribution in [-0.4, -0.2) is 0 Å². The van der Waals surface area contributed by atoms with Crippen LogP contribution in [0.4, 0.5) is 0 Å². The second kappa shape index (κ2) is 0.984. The lowest BCUT2D eigenvalue weighted by Gasteiger charge is -2.04. The van der Waals surface area contributed by atoms with Crippen LogP contribution in [0.15, 0.2) is 0 Å². The van der Waals surface area contributed by atoms with Crippen LogP contribution in [0.3, 0.4) is 0 Å². The molecule has 2 bridgehead atoms. The van der Waals surface area contributed by atoms with Crippen molar-refractivity contribution in [2.45, 2.75) is 19.3 Å². The summed E-state index contributed by atoms with van der Waals surface area (Å²) in [6.45, 7) is 0. The minimum atomic E-state index is 0.963. The van der Waals surface area contributed by atoms with Crippen molar-refractivity contribution in [2.24, 2.45) is 23.7 Å². The molecule has 2 radical (unpaired) electrons. The van der Waals surface area contributed by atoms with Gasteiger partial charge in [-0.05, 0) is 49.4 Å². The first-order valence-corrected chi connectivity index (χ1v) is 3.71. The fourth-order valence-electron chi connectivity index (χ4n) is 2.64. The molecule has 42 valence electrons. The maximum atomic E-state index is 3.63. The molecule has 3 saturated carbocycles. The highest BCUT2D eigenvalue weighted by atomic mass is 14.6. The minimum absolute atomic E-state index is 0.963. The summed E-state index contributed by atoms with van der Waals surface area (Å²) in [5, 5.41) is 0. The number of hydrogen-bond acceptors (Lipinski definition) is 0. The maximum absolute atomic E-state index is 3.63. The predicted octanol–water partition coefficient (Wildman–Crippen LogP) is 1.74. The summed E-state index contributed by atoms with van der Waals surface area (Å²) in [5.74, 6) is 4.19. The van der Waals surface area contributed by atoms with E-state index in [1.807, 2.05) is 0 Å². The van der Waals surface area contributed by atoms with E-state index in [-0.39, 0.29) is 0 Å². The molecule has 3 aliphatic rings. The summed E-state index contributed by atoms with van der Waals surface area (Å²) < 4.78 is 0. The molecule has 0 N–H and O–H groups in total. The monoisotopic (exact) mass is 106 g/mol. The molecule has 0 saturated heterocycles. The molecule has 0 heteroatoms. The summed E-state index contributed by atoms with van der Waals surface area (Å²) in [6.07, 6.45) is 8.14. The lowest BCUT2D eigenvalue weighted by molar-refractivity contribution is 0.456. The highest BCUT2D eigenvalue weighted by molar-refractivity contribution is 5.15. The maximum Gasteiger partial charge on any atom is -0.01000 e. The molecule has 0 aromatic rings. The first-order valence-electron chi connectivity index (χ1n) is 3.71. The minimum Gasteiger partial charge on any atom is -0.0493 e. The van der Waals surface area contributed by atoms with E-state index >= 15 is 0 Å². The van der Waals surface area contributed by atoms with Crippen molar-refractivity contribution in [2.75, 3.05) is 0 Å². The number of hydrogen-bond donors (Lipinski definition) is 0. The molecular formula is C8H10. The van der Waals surface area contributed by atoms with Gasteiger partial charge in [-0.3, -0.25) is 0 Å². The SMILES string of the molecule is [C]1C2CCC1C1CC21. The van der Waals surface area contributed by atoms with Gasteiger partial charge in [0.15, 0.2) is 0 Å². The smallest absolute Gasteiger partial charge is 0.01000 e. The molecule has 0 amide bonds. The molecule has 0 heterocycles. The van der Waals surface area contributed by atoms with Gasteiger partial charge in [0.25, 0.3) is 0 Å². The van der Waals surface area contributed by atoms with Crippen LogP contribution in [-0.2, 0) is 0 Å². The van der Waals surface area contributed by atoms with Crippen molar-refractivity contribution in [1.82, 2.24) is 0 Å². The molecule has 3 fully saturated rings. The normalized spacial score (nSPS) is 66.0. The highest BCUT2D eigenvalue weighted by Crippen LogP contribution is 2.64. The Hall–Kier alpha value is 0. The van der Waals surface area contributed by atoms with Crippen LogP contribution >= 0.6 is 0 Å². The van der Waals surface area contributed by atoms with E-state index in [0.29, 0.717) is 0 Å². The van der Waals surface area contributed by atoms with E-state index in [1.54, 1.807) is 6.42 Å². The van der Waals surface area contributed by atoms with Gasteiger partial charge in [0.05, 0.1) is 0 Å². The third kappa shape index (κ3) is 0.284. The van der Waals surface area contributed by atoms with Crippen LogP contribution in [0.2, 0.25) is 0 Å². The zero-order valence-corrected chi connectivity index (χ0v) is 4.93. The van der Waals surface area contributed by atoms with Crippen molar-refractivity contribution in [3.8, 4) is 0 Å². The zero-order valence-electron chi connectivity index (χ0n) is 4.93. The van der Waals surface area contributed by atoms with Gasteiger partial charge in [-0.1, -0.05) is 0 Å². The van der Waals surface area contributed by atoms with Crippen LogP contribution in [0.5, 0.6) is 0 Å². The molecule has 3 aliphatic carbocycles. The molecule has 3 rings (SSSR count). The Balaban J connectivity index is 2.02. The fourth-order valence-corrected chi connectivity index (χ4v) is 2.64. The van der Waals surface area contributed by atoms with E-state index in [9.17, 15) is 0 Å². The Morgan fingerprint density at radius 1 is 1.00 bits per heavy atom. The van der Waals surface area contributed by atoms with Crippen LogP contribution in [0.1, 0.15) is 19.3 Å². The summed E-state index contributed by atoms with van der Waals surface area (Å²) in [7, 11) is 0. The van der Waals surface area contributed by atoms with Gasteiger partial charge in [0.2, 0.25) is 0 Å². The Labute approximate surface area is 50.3 Å². The fraction of sp³-hybridized carbons (Fsp3) is 0.875. The largest absolute Gasteiger partial charge is 0.0493 e. The second-order valence-electron chi connectivity index (χ2n) is 3.52. The standard InChI is InChI=1S/C8H10/c1-2-6-3-5(1)7-4-8(6)7/h5-8H,1-2,4H2. The molecule has 0 aromatic carbocycles. The van der Waals surface area contributed by atoms with Gasteiger partial charge < -0.3 is 0 Å². The zero-order chi connectivity index (χ0) is 5.14. The van der Waals surface area contributed by atoms with Gasteiger partial charge in [-0.25, -0.2) is 0 Å². The quantitative estimate of drug-likeness (QED) is 0.441. The molecule has 0 spiro atoms. The molecule has 4 atom stereocenters. The Kier molecular flexibility index (Phi) is 0.482. The lowest BCUT2D eigenvalue weighted by Crippen LogP contribution is -1.95. The lowest BCUT2D eigenvalue weighted by atomic mass is 10.0. The van der Waals surface area contributed by atoms with Gasteiger partial charge in [0.1, 0.15) is 0 Å². The molecule has 8 heavy (non-hydrogen) atoms. The van der Waals surface area contributed by atoms with E-state index in [4.69, 9.17) is 0 Å². The van der Waals surface area contributed by atoms with Gasteiger partial charge in [0, 0.05) is 0 Å². The van der Waals surface area contributed by atoms with E-state index in [1.165, 1.54) is 12.8 Å². The molecule has 0 aromatic heterocycles. The molecule has 0 nitrogen and oxygen atoms in total. The summed E-state index contributed by atoms with van der Waals surface area (Å²) in [6, 6.07) is 0. The Morgan fingerprint density at radius 3 is 2.00 bits per heavy atom. The van der Waals surface area contributed by atoms with Gasteiger partial charge >= 0.3 is 0 Å².